The third kappa shape index (κ3) is 3.15. The number of nitrogens with one attached hydrogen (secondary N) is 1. The molecule has 2 aromatic rings. The molecule has 1 aromatic heterocycles. The summed E-state index contributed by atoms with van der Waals surface area (Å²) in [5.74, 6) is -0.500. The Morgan fingerprint density at radius 3 is 2.30 bits per heavy atom. The summed E-state index contributed by atoms with van der Waals surface area (Å²) in [6, 6.07) is 10.7. The van der Waals surface area contributed by atoms with Gasteiger partial charge in [0.05, 0.1) is 18.2 Å². The van der Waals surface area contributed by atoms with Crippen molar-refractivity contribution < 1.29 is 14.3 Å². The number of amides is 1. The van der Waals surface area contributed by atoms with Gasteiger partial charge in [0, 0.05) is 10.4 Å². The number of rotatable bonds is 4. The van der Waals surface area contributed by atoms with Gasteiger partial charge in [0.25, 0.3) is 5.91 Å². The number of esters is 1. The molecule has 1 saturated carbocycles. The topological polar surface area (TPSA) is 55.4 Å². The largest absolute Gasteiger partial charge is 0.465 e. The van der Waals surface area contributed by atoms with E-state index in [-0.39, 0.29) is 11.4 Å². The standard InChI is InChI=1S/C18H19NO3S/c1-22-17(21)14-8-6-13(7-9-14)16(20)19-18(10-2-3-11-18)15-5-4-12-23-15/h4-9,12H,2-3,10-11H2,1H3,(H,19,20). The maximum atomic E-state index is 12.6. The van der Waals surface area contributed by atoms with Crippen molar-refractivity contribution in [2.75, 3.05) is 7.11 Å². The van der Waals surface area contributed by atoms with Crippen LogP contribution in [0.25, 0.3) is 0 Å². The fourth-order valence-corrected chi connectivity index (χ4v) is 4.07. The lowest BCUT2D eigenvalue weighted by atomic mass is 9.94. The van der Waals surface area contributed by atoms with Crippen LogP contribution in [-0.2, 0) is 10.3 Å². The minimum Gasteiger partial charge on any atom is -0.465 e. The number of carbonyl (C=O) groups excluding carboxylic acids is 2. The molecule has 3 rings (SSSR count). The predicted molar refractivity (Wildman–Crippen MR) is 89.7 cm³/mol. The first kappa shape index (κ1) is 15.7. The second-order valence-electron chi connectivity index (χ2n) is 5.79. The van der Waals surface area contributed by atoms with Crippen LogP contribution in [0, 0.1) is 0 Å². The van der Waals surface area contributed by atoms with Crippen LogP contribution >= 0.6 is 11.3 Å². The average Bonchev–Trinajstić information content (AvgIpc) is 3.26. The average molecular weight is 329 g/mol. The summed E-state index contributed by atoms with van der Waals surface area (Å²) >= 11 is 1.69. The molecule has 1 fully saturated rings. The van der Waals surface area contributed by atoms with E-state index in [1.54, 1.807) is 35.6 Å². The third-order valence-corrected chi connectivity index (χ3v) is 5.44. The van der Waals surface area contributed by atoms with Crippen molar-refractivity contribution >= 4 is 23.2 Å². The maximum Gasteiger partial charge on any atom is 0.337 e. The van der Waals surface area contributed by atoms with Crippen molar-refractivity contribution in [2.24, 2.45) is 0 Å². The molecule has 1 aliphatic carbocycles. The Balaban J connectivity index is 1.79. The number of ether oxygens (including phenoxy) is 1. The van der Waals surface area contributed by atoms with Crippen LogP contribution in [-0.4, -0.2) is 19.0 Å². The summed E-state index contributed by atoms with van der Waals surface area (Å²) in [5, 5.41) is 5.28. The van der Waals surface area contributed by atoms with E-state index in [1.165, 1.54) is 12.0 Å². The zero-order valence-corrected chi connectivity index (χ0v) is 13.8. The molecule has 0 aliphatic heterocycles. The Labute approximate surface area is 139 Å². The molecule has 23 heavy (non-hydrogen) atoms. The van der Waals surface area contributed by atoms with Gasteiger partial charge >= 0.3 is 5.97 Å². The van der Waals surface area contributed by atoms with E-state index in [1.807, 2.05) is 11.4 Å². The monoisotopic (exact) mass is 329 g/mol. The summed E-state index contributed by atoms with van der Waals surface area (Å²) in [6.07, 6.45) is 4.19. The molecule has 1 amide bonds. The molecule has 1 aliphatic rings. The number of methoxy groups -OCH3 is 1. The molecule has 0 atom stereocenters. The van der Waals surface area contributed by atoms with Gasteiger partial charge in [-0.1, -0.05) is 18.9 Å². The van der Waals surface area contributed by atoms with E-state index in [0.717, 1.165) is 25.7 Å². The first-order valence-corrected chi connectivity index (χ1v) is 8.57. The molecule has 5 heteroatoms. The molecule has 0 saturated heterocycles. The molecular weight excluding hydrogens is 310 g/mol. The van der Waals surface area contributed by atoms with Crippen molar-refractivity contribution in [3.05, 3.63) is 57.8 Å². The van der Waals surface area contributed by atoms with Crippen molar-refractivity contribution in [1.29, 1.82) is 0 Å². The van der Waals surface area contributed by atoms with E-state index in [0.29, 0.717) is 11.1 Å². The van der Waals surface area contributed by atoms with Crippen LogP contribution < -0.4 is 5.32 Å². The quantitative estimate of drug-likeness (QED) is 0.870. The van der Waals surface area contributed by atoms with Crippen LogP contribution in [0.4, 0.5) is 0 Å². The summed E-state index contributed by atoms with van der Waals surface area (Å²) < 4.78 is 4.67. The minimum absolute atomic E-state index is 0.100. The van der Waals surface area contributed by atoms with Gasteiger partial charge in [-0.05, 0) is 48.6 Å². The lowest BCUT2D eigenvalue weighted by Gasteiger charge is -2.29. The number of benzene rings is 1. The first-order chi connectivity index (χ1) is 11.1. The van der Waals surface area contributed by atoms with Crippen molar-refractivity contribution in [3.63, 3.8) is 0 Å². The smallest absolute Gasteiger partial charge is 0.337 e. The minimum atomic E-state index is -0.400. The fraction of sp³-hybridized carbons (Fsp3) is 0.333. The summed E-state index contributed by atoms with van der Waals surface area (Å²) in [5.41, 5.74) is 0.755. The highest BCUT2D eigenvalue weighted by Gasteiger charge is 2.38. The van der Waals surface area contributed by atoms with E-state index in [4.69, 9.17) is 0 Å². The predicted octanol–water partition coefficient (Wildman–Crippen LogP) is 3.73. The van der Waals surface area contributed by atoms with Gasteiger partial charge in [0.2, 0.25) is 0 Å². The molecule has 1 heterocycles. The van der Waals surface area contributed by atoms with Crippen LogP contribution in [0.15, 0.2) is 41.8 Å². The second kappa shape index (κ2) is 6.54. The van der Waals surface area contributed by atoms with Gasteiger partial charge in [-0.2, -0.15) is 0 Å². The Morgan fingerprint density at radius 2 is 1.74 bits per heavy atom. The normalized spacial score (nSPS) is 16.0. The van der Waals surface area contributed by atoms with Crippen molar-refractivity contribution in [3.8, 4) is 0 Å². The Kier molecular flexibility index (Phi) is 4.48. The van der Waals surface area contributed by atoms with E-state index in [9.17, 15) is 9.59 Å². The molecule has 0 radical (unpaired) electrons. The number of carbonyl (C=O) groups is 2. The fourth-order valence-electron chi connectivity index (χ4n) is 3.13. The molecule has 0 unspecified atom stereocenters. The second-order valence-corrected chi connectivity index (χ2v) is 6.74. The SMILES string of the molecule is COC(=O)c1ccc(C(=O)NC2(c3cccs3)CCCC2)cc1. The van der Waals surface area contributed by atoms with Gasteiger partial charge in [-0.3, -0.25) is 4.79 Å². The van der Waals surface area contributed by atoms with Crippen LogP contribution in [0.3, 0.4) is 0 Å². The van der Waals surface area contributed by atoms with E-state index >= 15 is 0 Å². The van der Waals surface area contributed by atoms with Gasteiger partial charge in [0.15, 0.2) is 0 Å². The highest BCUT2D eigenvalue weighted by molar-refractivity contribution is 7.10. The lowest BCUT2D eigenvalue weighted by Crippen LogP contribution is -2.43. The third-order valence-electron chi connectivity index (χ3n) is 4.37. The molecule has 0 spiro atoms. The van der Waals surface area contributed by atoms with E-state index in [2.05, 4.69) is 16.1 Å². The highest BCUT2D eigenvalue weighted by atomic mass is 32.1. The molecule has 120 valence electrons. The van der Waals surface area contributed by atoms with Crippen LogP contribution in [0.2, 0.25) is 0 Å². The van der Waals surface area contributed by atoms with Gasteiger partial charge in [-0.25, -0.2) is 4.79 Å². The summed E-state index contributed by atoms with van der Waals surface area (Å²) in [4.78, 5) is 25.3. The number of hydrogen-bond acceptors (Lipinski definition) is 4. The molecule has 4 nitrogen and oxygen atoms in total. The number of thiophene rings is 1. The van der Waals surface area contributed by atoms with E-state index < -0.39 is 5.97 Å². The zero-order chi connectivity index (χ0) is 16.3. The summed E-state index contributed by atoms with van der Waals surface area (Å²) in [6.45, 7) is 0. The Bertz CT molecular complexity index is 686. The zero-order valence-electron chi connectivity index (χ0n) is 13.0. The number of hydrogen-bond donors (Lipinski definition) is 1. The van der Waals surface area contributed by atoms with Gasteiger partial charge in [0.1, 0.15) is 0 Å². The molecule has 1 aromatic carbocycles. The van der Waals surface area contributed by atoms with Gasteiger partial charge < -0.3 is 10.1 Å². The van der Waals surface area contributed by atoms with Crippen molar-refractivity contribution in [2.45, 2.75) is 31.2 Å². The molecular formula is C18H19NO3S. The van der Waals surface area contributed by atoms with Crippen LogP contribution in [0.1, 0.15) is 51.3 Å². The Morgan fingerprint density at radius 1 is 1.09 bits per heavy atom. The highest BCUT2D eigenvalue weighted by Crippen LogP contribution is 2.41. The molecule has 0 bridgehead atoms. The lowest BCUT2D eigenvalue weighted by molar-refractivity contribution is 0.0600. The summed E-state index contributed by atoms with van der Waals surface area (Å²) in [7, 11) is 1.34. The van der Waals surface area contributed by atoms with Crippen LogP contribution in [0.5, 0.6) is 0 Å². The first-order valence-electron chi connectivity index (χ1n) is 7.69. The van der Waals surface area contributed by atoms with Gasteiger partial charge in [-0.15, -0.1) is 11.3 Å². The van der Waals surface area contributed by atoms with Crippen molar-refractivity contribution in [1.82, 2.24) is 5.32 Å². The maximum absolute atomic E-state index is 12.6. The Hall–Kier alpha value is -2.14. The molecule has 1 N–H and O–H groups in total.